The van der Waals surface area contributed by atoms with Crippen LogP contribution in [0.15, 0.2) is 12.2 Å². The number of ketones is 1. The number of aliphatic hydroxyl groups excluding tert-OH is 2. The van der Waals surface area contributed by atoms with Gasteiger partial charge >= 0.3 is 0 Å². The van der Waals surface area contributed by atoms with Gasteiger partial charge in [-0.15, -0.1) is 0 Å². The van der Waals surface area contributed by atoms with Gasteiger partial charge in [0.25, 0.3) is 0 Å². The van der Waals surface area contributed by atoms with E-state index in [2.05, 4.69) is 48.1 Å². The van der Waals surface area contributed by atoms with E-state index in [1.807, 2.05) is 0 Å². The van der Waals surface area contributed by atoms with Crippen molar-refractivity contribution in [1.82, 2.24) is 0 Å². The van der Waals surface area contributed by atoms with Crippen molar-refractivity contribution in [2.45, 2.75) is 105 Å². The van der Waals surface area contributed by atoms with Crippen LogP contribution >= 0.6 is 0 Å². The molecule has 0 amide bonds. The van der Waals surface area contributed by atoms with Crippen LogP contribution in [0.4, 0.5) is 0 Å². The summed E-state index contributed by atoms with van der Waals surface area (Å²) in [5.74, 6) is 3.78. The summed E-state index contributed by atoms with van der Waals surface area (Å²) in [7, 11) is 0. The van der Waals surface area contributed by atoms with Crippen LogP contribution in [0.2, 0.25) is 0 Å². The molecule has 0 radical (unpaired) electrons. The second-order valence-electron chi connectivity index (χ2n) is 13.2. The third-order valence-corrected chi connectivity index (χ3v) is 11.4. The van der Waals surface area contributed by atoms with Crippen LogP contribution < -0.4 is 0 Å². The highest BCUT2D eigenvalue weighted by molar-refractivity contribution is 5.95. The van der Waals surface area contributed by atoms with E-state index < -0.39 is 0 Å². The van der Waals surface area contributed by atoms with Crippen molar-refractivity contribution in [3.8, 4) is 0 Å². The van der Waals surface area contributed by atoms with Crippen molar-refractivity contribution in [3.63, 3.8) is 0 Å². The predicted octanol–water partition coefficient (Wildman–Crippen LogP) is 6.03. The van der Waals surface area contributed by atoms with E-state index in [0.717, 1.165) is 24.8 Å². The van der Waals surface area contributed by atoms with Gasteiger partial charge in [0.05, 0.1) is 12.2 Å². The third-order valence-electron chi connectivity index (χ3n) is 11.4. The van der Waals surface area contributed by atoms with Crippen molar-refractivity contribution in [2.75, 3.05) is 0 Å². The summed E-state index contributed by atoms with van der Waals surface area (Å²) in [5, 5.41) is 22.2. The van der Waals surface area contributed by atoms with Crippen LogP contribution in [0.5, 0.6) is 0 Å². The Hall–Kier alpha value is -0.670. The second kappa shape index (κ2) is 8.52. The molecule has 4 saturated carbocycles. The molecule has 11 atom stereocenters. The number of hydrogen-bond donors (Lipinski definition) is 2. The number of hydrogen-bond acceptors (Lipinski definition) is 3. The number of allylic oxidation sites excluding steroid dienone is 1. The Kier molecular flexibility index (Phi) is 6.51. The van der Waals surface area contributed by atoms with Gasteiger partial charge in [0.2, 0.25) is 0 Å². The molecule has 3 heteroatoms. The number of carbonyl (C=O) groups excluding carboxylic acids is 1. The molecule has 0 aromatic heterocycles. The van der Waals surface area contributed by atoms with Gasteiger partial charge < -0.3 is 10.2 Å². The van der Waals surface area contributed by atoms with E-state index in [4.69, 9.17) is 0 Å². The third kappa shape index (κ3) is 3.65. The highest BCUT2D eigenvalue weighted by Crippen LogP contribution is 2.68. The summed E-state index contributed by atoms with van der Waals surface area (Å²) in [6.45, 7) is 17.5. The molecule has 0 aromatic rings. The first-order valence-electron chi connectivity index (χ1n) is 13.5. The van der Waals surface area contributed by atoms with Gasteiger partial charge in [-0.05, 0) is 109 Å². The van der Waals surface area contributed by atoms with Gasteiger partial charge in [-0.3, -0.25) is 4.79 Å². The van der Waals surface area contributed by atoms with Crippen LogP contribution in [-0.4, -0.2) is 28.2 Å². The lowest BCUT2D eigenvalue weighted by Gasteiger charge is -2.63. The molecule has 3 nitrogen and oxygen atoms in total. The number of carbonyl (C=O) groups is 1. The highest BCUT2D eigenvalue weighted by atomic mass is 16.3. The van der Waals surface area contributed by atoms with Crippen LogP contribution in [0.25, 0.3) is 0 Å². The molecule has 4 rings (SSSR count). The molecule has 0 bridgehead atoms. The van der Waals surface area contributed by atoms with E-state index >= 15 is 0 Å². The Morgan fingerprint density at radius 3 is 2.28 bits per heavy atom. The molecule has 1 unspecified atom stereocenters. The molecule has 32 heavy (non-hydrogen) atoms. The molecule has 4 fully saturated rings. The topological polar surface area (TPSA) is 57.5 Å². The predicted molar refractivity (Wildman–Crippen MR) is 130 cm³/mol. The lowest BCUT2D eigenvalue weighted by Crippen LogP contribution is -2.60. The quantitative estimate of drug-likeness (QED) is 0.509. The molecule has 0 aliphatic heterocycles. The minimum atomic E-state index is -0.259. The molecule has 0 spiro atoms. The summed E-state index contributed by atoms with van der Waals surface area (Å²) in [4.78, 5) is 12.8. The van der Waals surface area contributed by atoms with Gasteiger partial charge in [0.1, 0.15) is 0 Å². The first-order valence-corrected chi connectivity index (χ1v) is 13.5. The first kappa shape index (κ1) is 24.5. The average molecular weight is 445 g/mol. The van der Waals surface area contributed by atoms with Crippen LogP contribution in [-0.2, 0) is 4.79 Å². The average Bonchev–Trinajstić information content (AvgIpc) is 3.06. The van der Waals surface area contributed by atoms with Crippen LogP contribution in [0, 0.1) is 58.2 Å². The van der Waals surface area contributed by atoms with Gasteiger partial charge in [-0.25, -0.2) is 0 Å². The maximum atomic E-state index is 12.8. The minimum absolute atomic E-state index is 0.127. The molecule has 4 aliphatic rings. The van der Waals surface area contributed by atoms with E-state index in [1.165, 1.54) is 25.7 Å². The minimum Gasteiger partial charge on any atom is -0.393 e. The lowest BCUT2D eigenvalue weighted by atomic mass is 9.42. The maximum Gasteiger partial charge on any atom is 0.158 e. The monoisotopic (exact) mass is 444 g/mol. The van der Waals surface area contributed by atoms with Crippen molar-refractivity contribution >= 4 is 5.78 Å². The fourth-order valence-electron chi connectivity index (χ4n) is 9.70. The fraction of sp³-hybridized carbons (Fsp3) is 0.897. The normalized spacial score (nSPS) is 49.2. The molecular formula is C29H48O3. The summed E-state index contributed by atoms with van der Waals surface area (Å²) in [6, 6.07) is 0. The Morgan fingerprint density at radius 2 is 1.62 bits per heavy atom. The number of rotatable bonds is 5. The fourth-order valence-corrected chi connectivity index (χ4v) is 9.70. The Bertz CT molecular complexity index is 743. The Labute approximate surface area is 196 Å². The zero-order valence-corrected chi connectivity index (χ0v) is 21.4. The number of aliphatic hydroxyl groups is 2. The zero-order valence-electron chi connectivity index (χ0n) is 21.4. The summed E-state index contributed by atoms with van der Waals surface area (Å²) >= 11 is 0. The lowest BCUT2D eigenvalue weighted by molar-refractivity contribution is -0.192. The van der Waals surface area contributed by atoms with Gasteiger partial charge in [0.15, 0.2) is 5.78 Å². The molecule has 182 valence electrons. The van der Waals surface area contributed by atoms with E-state index in [0.29, 0.717) is 47.8 Å². The first-order chi connectivity index (χ1) is 14.9. The van der Waals surface area contributed by atoms with Crippen molar-refractivity contribution in [2.24, 2.45) is 58.2 Å². The van der Waals surface area contributed by atoms with E-state index in [1.54, 1.807) is 0 Å². The molecule has 0 aromatic carbocycles. The zero-order chi connectivity index (χ0) is 23.6. The molecule has 2 N–H and O–H groups in total. The molecule has 0 saturated heterocycles. The van der Waals surface area contributed by atoms with Crippen molar-refractivity contribution in [1.29, 1.82) is 0 Å². The van der Waals surface area contributed by atoms with Crippen LogP contribution in [0.1, 0.15) is 92.9 Å². The van der Waals surface area contributed by atoms with Gasteiger partial charge in [-0.1, -0.05) is 48.1 Å². The van der Waals surface area contributed by atoms with Crippen molar-refractivity contribution < 1.29 is 15.0 Å². The number of Topliss-reactive ketones (excluding diaryl/α,β-unsaturated/α-hetero) is 1. The summed E-state index contributed by atoms with van der Waals surface area (Å²) in [6.07, 6.45) is 7.81. The van der Waals surface area contributed by atoms with E-state index in [-0.39, 0.29) is 34.7 Å². The summed E-state index contributed by atoms with van der Waals surface area (Å²) < 4.78 is 0. The molecular weight excluding hydrogens is 396 g/mol. The standard InChI is InChI=1S/C29H48O3/c1-16(2)18(4)25(31)14-17(3)21-10-11-23-20-8-9-22-19(5)24(30)12-13-28(22,6)27(20)26(32)15-29(21,23)7/h16-17,19-24,26-27,30,32H,4,8-15H2,1-3,5-7H3/t17-,19+,20+,21-,22?,23+,24+,26+,27-,28+,29-/m1/s1. The highest BCUT2D eigenvalue weighted by Gasteiger charge is 2.64. The van der Waals surface area contributed by atoms with Crippen LogP contribution in [0.3, 0.4) is 0 Å². The Morgan fingerprint density at radius 1 is 0.969 bits per heavy atom. The van der Waals surface area contributed by atoms with E-state index in [9.17, 15) is 15.0 Å². The summed E-state index contributed by atoms with van der Waals surface area (Å²) in [5.41, 5.74) is 1.04. The van der Waals surface area contributed by atoms with Crippen molar-refractivity contribution in [3.05, 3.63) is 12.2 Å². The SMILES string of the molecule is C=C(C(=O)C[C@@H](C)[C@H]1CC[C@H]2[C@@H]3CCC4[C@H](C)[C@@H](O)CC[C@]4(C)[C@H]3[C@@H](O)C[C@]12C)C(C)C. The largest absolute Gasteiger partial charge is 0.393 e. The maximum absolute atomic E-state index is 12.8. The number of fused-ring (bicyclic) bond motifs is 5. The Balaban J connectivity index is 1.55. The second-order valence-corrected chi connectivity index (χ2v) is 13.2. The van der Waals surface area contributed by atoms with Gasteiger partial charge in [0, 0.05) is 6.42 Å². The molecule has 0 heterocycles. The smallest absolute Gasteiger partial charge is 0.158 e. The molecule has 4 aliphatic carbocycles. The van der Waals surface area contributed by atoms with Gasteiger partial charge in [-0.2, -0.15) is 0 Å².